The summed E-state index contributed by atoms with van der Waals surface area (Å²) >= 11 is 0. The van der Waals surface area contributed by atoms with Gasteiger partial charge in [0, 0.05) is 18.0 Å². The number of ether oxygens (including phenoxy) is 3. The molecule has 3 amide bonds. The number of amides is 3. The fraction of sp³-hybridized carbons (Fsp3) is 0.621. The molecule has 1 aromatic carbocycles. The van der Waals surface area contributed by atoms with E-state index in [2.05, 4.69) is 16.1 Å². The number of benzene rings is 1. The second-order valence-electron chi connectivity index (χ2n) is 11.2. The standard InChI is InChI=1S/C29H41FN4O6/c1-16(2)24-27(36)31-18(4)28(37)34-13-8-10-23(33-34)25-29(40-25)39-19(5)21-15-20(11-12-22(21)30)38-14-7-6-9-17(3)26(35)32-24/h6-7,11-12,15-19,23-25,29,33H,8-10,13-14H2,1-5H3,(H,31,36)(H,32,35)/b7-6+/t17-,18+,19-,23+,24+,25?,29?/m1/s1. The predicted octanol–water partition coefficient (Wildman–Crippen LogP) is 2.74. The minimum atomic E-state index is -0.804. The molecule has 3 heterocycles. The zero-order valence-corrected chi connectivity index (χ0v) is 23.8. The number of halogens is 1. The zero-order valence-electron chi connectivity index (χ0n) is 23.8. The van der Waals surface area contributed by atoms with E-state index in [4.69, 9.17) is 14.2 Å². The van der Waals surface area contributed by atoms with Crippen molar-refractivity contribution in [1.29, 1.82) is 0 Å². The summed E-state index contributed by atoms with van der Waals surface area (Å²) in [7, 11) is 0. The van der Waals surface area contributed by atoms with Crippen LogP contribution >= 0.6 is 0 Å². The molecule has 220 valence electrons. The van der Waals surface area contributed by atoms with E-state index in [1.807, 2.05) is 19.9 Å². The molecule has 7 atom stereocenters. The van der Waals surface area contributed by atoms with Crippen molar-refractivity contribution in [1.82, 2.24) is 21.1 Å². The zero-order chi connectivity index (χ0) is 29.0. The average Bonchev–Trinajstić information content (AvgIpc) is 3.69. The molecule has 0 spiro atoms. The second-order valence-corrected chi connectivity index (χ2v) is 11.2. The SMILES string of the molecule is CC(C)[C@@H]1NC(=O)[C@H](C)C/C=C/COc2ccc(F)c(c2)[C@@H](C)OC2OC2[C@@H]2CCCN(N2)C(=O)[C@H](C)NC1=O. The summed E-state index contributed by atoms with van der Waals surface area (Å²) in [6, 6.07) is 2.77. The normalized spacial score (nSPS) is 33.3. The summed E-state index contributed by atoms with van der Waals surface area (Å²) in [5, 5.41) is 7.12. The Morgan fingerprint density at radius 2 is 1.80 bits per heavy atom. The maximum Gasteiger partial charge on any atom is 0.258 e. The molecular weight excluding hydrogens is 519 g/mol. The first-order chi connectivity index (χ1) is 19.0. The van der Waals surface area contributed by atoms with E-state index in [0.29, 0.717) is 24.3 Å². The highest BCUT2D eigenvalue weighted by molar-refractivity contribution is 5.92. The third kappa shape index (κ3) is 7.38. The van der Waals surface area contributed by atoms with E-state index in [1.54, 1.807) is 39.0 Å². The van der Waals surface area contributed by atoms with Crippen LogP contribution in [-0.4, -0.2) is 66.4 Å². The van der Waals surface area contributed by atoms with Gasteiger partial charge in [0.25, 0.3) is 5.91 Å². The Hall–Kier alpha value is -3.02. The maximum atomic E-state index is 14.6. The number of fused-ring (bicyclic) bond motifs is 6. The molecule has 11 heteroatoms. The van der Waals surface area contributed by atoms with Crippen molar-refractivity contribution in [2.24, 2.45) is 11.8 Å². The summed E-state index contributed by atoms with van der Waals surface area (Å²) < 4.78 is 32.2. The van der Waals surface area contributed by atoms with Gasteiger partial charge in [0.2, 0.25) is 11.8 Å². The van der Waals surface area contributed by atoms with Crippen LogP contribution in [0.1, 0.15) is 65.5 Å². The minimum Gasteiger partial charge on any atom is -0.490 e. The first kappa shape index (κ1) is 30.0. The molecule has 3 aliphatic rings. The average molecular weight is 561 g/mol. The molecule has 3 N–H and O–H groups in total. The molecule has 0 saturated carbocycles. The first-order valence-electron chi connectivity index (χ1n) is 14.1. The Kier molecular flexibility index (Phi) is 9.81. The number of carbonyl (C=O) groups is 3. The van der Waals surface area contributed by atoms with Gasteiger partial charge in [0.1, 0.15) is 36.4 Å². The maximum absolute atomic E-state index is 14.6. The van der Waals surface area contributed by atoms with Gasteiger partial charge in [-0.3, -0.25) is 19.4 Å². The van der Waals surface area contributed by atoms with Crippen molar-refractivity contribution in [2.45, 2.75) is 90.5 Å². The van der Waals surface area contributed by atoms with Gasteiger partial charge in [-0.15, -0.1) is 0 Å². The fourth-order valence-corrected chi connectivity index (χ4v) is 4.96. The number of hydrazine groups is 1. The number of nitrogens with one attached hydrogen (secondary N) is 3. The van der Waals surface area contributed by atoms with Crippen LogP contribution in [0.4, 0.5) is 4.39 Å². The van der Waals surface area contributed by atoms with Crippen molar-refractivity contribution in [2.75, 3.05) is 13.2 Å². The van der Waals surface area contributed by atoms with Crippen molar-refractivity contribution in [3.05, 3.63) is 41.7 Å². The largest absolute Gasteiger partial charge is 0.490 e. The van der Waals surface area contributed by atoms with Crippen molar-refractivity contribution in [3.63, 3.8) is 0 Å². The van der Waals surface area contributed by atoms with Crippen molar-refractivity contribution in [3.8, 4) is 5.75 Å². The third-order valence-electron chi connectivity index (χ3n) is 7.53. The summed E-state index contributed by atoms with van der Waals surface area (Å²) in [6.45, 7) is 9.59. The molecule has 1 aromatic rings. The van der Waals surface area contributed by atoms with Gasteiger partial charge in [-0.25, -0.2) is 9.82 Å². The van der Waals surface area contributed by atoms with Gasteiger partial charge in [0.15, 0.2) is 6.29 Å². The highest BCUT2D eigenvalue weighted by Gasteiger charge is 2.49. The van der Waals surface area contributed by atoms with E-state index in [9.17, 15) is 18.8 Å². The highest BCUT2D eigenvalue weighted by atomic mass is 19.1. The van der Waals surface area contributed by atoms with Crippen LogP contribution in [0.25, 0.3) is 0 Å². The molecule has 40 heavy (non-hydrogen) atoms. The number of epoxide rings is 1. The molecule has 2 fully saturated rings. The molecule has 2 saturated heterocycles. The molecule has 0 aliphatic carbocycles. The summed E-state index contributed by atoms with van der Waals surface area (Å²) in [4.78, 5) is 39.2. The van der Waals surface area contributed by atoms with Gasteiger partial charge in [-0.2, -0.15) is 0 Å². The second kappa shape index (κ2) is 13.1. The number of hydrogen-bond donors (Lipinski definition) is 3. The summed E-state index contributed by atoms with van der Waals surface area (Å²) in [5.74, 6) is -1.42. The Balaban J connectivity index is 1.52. The van der Waals surface area contributed by atoms with Gasteiger partial charge in [-0.1, -0.05) is 32.9 Å². The Labute approximate surface area is 234 Å². The van der Waals surface area contributed by atoms with Crippen LogP contribution in [0.5, 0.6) is 5.75 Å². The number of hydrogen-bond acceptors (Lipinski definition) is 7. The van der Waals surface area contributed by atoms with Crippen LogP contribution in [0.15, 0.2) is 30.4 Å². The molecule has 4 bridgehead atoms. The van der Waals surface area contributed by atoms with Crippen LogP contribution in [0, 0.1) is 17.7 Å². The van der Waals surface area contributed by atoms with E-state index in [1.165, 1.54) is 11.1 Å². The lowest BCUT2D eigenvalue weighted by Gasteiger charge is -2.35. The minimum absolute atomic E-state index is 0.171. The predicted molar refractivity (Wildman–Crippen MR) is 145 cm³/mol. The van der Waals surface area contributed by atoms with E-state index >= 15 is 0 Å². The molecule has 10 nitrogen and oxygen atoms in total. The van der Waals surface area contributed by atoms with E-state index < -0.39 is 36.2 Å². The lowest BCUT2D eigenvalue weighted by molar-refractivity contribution is -0.141. The number of nitrogens with zero attached hydrogens (tertiary/aromatic N) is 1. The summed E-state index contributed by atoms with van der Waals surface area (Å²) in [6.07, 6.45) is 4.19. The molecule has 0 radical (unpaired) electrons. The Morgan fingerprint density at radius 3 is 2.55 bits per heavy atom. The first-order valence-corrected chi connectivity index (χ1v) is 14.1. The van der Waals surface area contributed by atoms with Crippen LogP contribution in [0.2, 0.25) is 0 Å². The molecular formula is C29H41FN4O6. The van der Waals surface area contributed by atoms with Gasteiger partial charge in [0.05, 0.1) is 12.1 Å². The smallest absolute Gasteiger partial charge is 0.258 e. The molecule has 3 aliphatic heterocycles. The van der Waals surface area contributed by atoms with Gasteiger partial charge < -0.3 is 24.8 Å². The quantitative estimate of drug-likeness (QED) is 0.357. The Bertz CT molecular complexity index is 1110. The fourth-order valence-electron chi connectivity index (χ4n) is 4.96. The molecule has 0 aromatic heterocycles. The van der Waals surface area contributed by atoms with Crippen LogP contribution in [-0.2, 0) is 23.9 Å². The lowest BCUT2D eigenvalue weighted by Crippen LogP contribution is -2.60. The Morgan fingerprint density at radius 1 is 1.02 bits per heavy atom. The third-order valence-corrected chi connectivity index (χ3v) is 7.53. The molecule has 2 unspecified atom stereocenters. The monoisotopic (exact) mass is 560 g/mol. The van der Waals surface area contributed by atoms with Crippen LogP contribution in [0.3, 0.4) is 0 Å². The topological polar surface area (TPSA) is 122 Å². The van der Waals surface area contributed by atoms with Crippen molar-refractivity contribution >= 4 is 17.7 Å². The van der Waals surface area contributed by atoms with Gasteiger partial charge in [-0.05, 0) is 57.2 Å². The molecule has 4 rings (SSSR count). The van der Waals surface area contributed by atoms with Crippen molar-refractivity contribution < 1.29 is 33.0 Å². The van der Waals surface area contributed by atoms with E-state index in [0.717, 1.165) is 12.8 Å². The number of rotatable bonds is 1. The van der Waals surface area contributed by atoms with E-state index in [-0.39, 0.29) is 42.4 Å². The lowest BCUT2D eigenvalue weighted by atomic mass is 10.0. The summed E-state index contributed by atoms with van der Waals surface area (Å²) in [5.41, 5.74) is 3.58. The number of carbonyl (C=O) groups excluding carboxylic acids is 3. The number of allylic oxidation sites excluding steroid dienone is 1. The highest BCUT2D eigenvalue weighted by Crippen LogP contribution is 2.35. The van der Waals surface area contributed by atoms with Gasteiger partial charge >= 0.3 is 0 Å². The van der Waals surface area contributed by atoms with Crippen LogP contribution < -0.4 is 20.8 Å².